The second-order valence-corrected chi connectivity index (χ2v) is 12.3. The molecule has 1 aromatic carbocycles. The van der Waals surface area contributed by atoms with Crippen molar-refractivity contribution in [1.82, 2.24) is 9.78 Å². The van der Waals surface area contributed by atoms with Crippen LogP contribution in [0.3, 0.4) is 0 Å². The molecule has 1 N–H and O–H groups in total. The highest BCUT2D eigenvalue weighted by Gasteiger charge is 2.28. The van der Waals surface area contributed by atoms with Gasteiger partial charge in [0.1, 0.15) is 12.1 Å². The molecule has 1 heterocycles. The molecule has 0 radical (unpaired) electrons. The van der Waals surface area contributed by atoms with Crippen LogP contribution in [-0.2, 0) is 30.7 Å². The molecular formula is C24H32ClN3O5S. The van der Waals surface area contributed by atoms with E-state index in [9.17, 15) is 18.0 Å². The summed E-state index contributed by atoms with van der Waals surface area (Å²) in [5.41, 5.74) is 0.0675. The third-order valence-electron chi connectivity index (χ3n) is 5.72. The first-order valence-electron chi connectivity index (χ1n) is 11.4. The number of carbonyl (C=O) groups is 2. The first-order valence-corrected chi connectivity index (χ1v) is 13.6. The average molecular weight is 510 g/mol. The van der Waals surface area contributed by atoms with Crippen molar-refractivity contribution in [3.63, 3.8) is 0 Å². The number of amides is 1. The van der Waals surface area contributed by atoms with Crippen LogP contribution in [0.25, 0.3) is 0 Å². The molecule has 8 nitrogen and oxygen atoms in total. The van der Waals surface area contributed by atoms with Crippen LogP contribution in [-0.4, -0.2) is 41.9 Å². The Morgan fingerprint density at radius 2 is 1.91 bits per heavy atom. The first-order chi connectivity index (χ1) is 15.8. The van der Waals surface area contributed by atoms with Gasteiger partial charge in [-0.05, 0) is 50.8 Å². The van der Waals surface area contributed by atoms with E-state index in [0.29, 0.717) is 23.7 Å². The summed E-state index contributed by atoms with van der Waals surface area (Å²) in [5, 5.41) is 7.21. The summed E-state index contributed by atoms with van der Waals surface area (Å²) in [4.78, 5) is 25.4. The zero-order valence-electron chi connectivity index (χ0n) is 20.0. The number of sulfone groups is 1. The van der Waals surface area contributed by atoms with E-state index in [-0.39, 0.29) is 22.4 Å². The van der Waals surface area contributed by atoms with E-state index in [2.05, 4.69) is 10.4 Å². The van der Waals surface area contributed by atoms with E-state index in [1.807, 2.05) is 0 Å². The number of carbonyl (C=O) groups excluding carboxylic acids is 2. The fraction of sp³-hybridized carbons (Fsp3) is 0.542. The predicted octanol–water partition coefficient (Wildman–Crippen LogP) is 4.58. The third kappa shape index (κ3) is 7.30. The lowest BCUT2D eigenvalue weighted by Gasteiger charge is -2.21. The number of ether oxygens (including phenoxy) is 1. The third-order valence-corrected chi connectivity index (χ3v) is 7.30. The normalized spacial score (nSPS) is 15.8. The van der Waals surface area contributed by atoms with Crippen LogP contribution in [0.15, 0.2) is 35.4 Å². The number of aromatic nitrogens is 2. The van der Waals surface area contributed by atoms with Crippen molar-refractivity contribution in [2.45, 2.75) is 75.8 Å². The van der Waals surface area contributed by atoms with Crippen molar-refractivity contribution < 1.29 is 22.7 Å². The number of rotatable bonds is 8. The highest BCUT2D eigenvalue weighted by atomic mass is 35.5. The standard InChI is InChI=1S/C24H32ClN3O5S/c1-24(2,3)33-22(29)15-28-12-11-21(27-28)26-23(30)18(13-16-7-5-6-8-16)17-9-10-20(19(25)14-17)34(4,31)32/h9-12,14,16,18H,5-8,13,15H2,1-4H3,(H,26,27,30). The minimum Gasteiger partial charge on any atom is -0.459 e. The Bertz CT molecular complexity index is 1150. The average Bonchev–Trinajstić information content (AvgIpc) is 3.35. The van der Waals surface area contributed by atoms with E-state index >= 15 is 0 Å². The lowest BCUT2D eigenvalue weighted by Crippen LogP contribution is -2.27. The van der Waals surface area contributed by atoms with Crippen molar-refractivity contribution in [2.24, 2.45) is 5.92 Å². The van der Waals surface area contributed by atoms with Crippen molar-refractivity contribution in [1.29, 1.82) is 0 Å². The summed E-state index contributed by atoms with van der Waals surface area (Å²) in [7, 11) is -3.47. The van der Waals surface area contributed by atoms with Crippen molar-refractivity contribution >= 4 is 39.1 Å². The van der Waals surface area contributed by atoms with Gasteiger partial charge in [-0.3, -0.25) is 14.3 Å². The Balaban J connectivity index is 1.77. The Morgan fingerprint density at radius 3 is 2.50 bits per heavy atom. The smallest absolute Gasteiger partial charge is 0.328 e. The van der Waals surface area contributed by atoms with Crippen LogP contribution in [0.1, 0.15) is 64.4 Å². The molecule has 0 aliphatic heterocycles. The van der Waals surface area contributed by atoms with Gasteiger partial charge in [0.05, 0.1) is 15.8 Å². The fourth-order valence-electron chi connectivity index (χ4n) is 4.24. The molecule has 1 fully saturated rings. The second-order valence-electron chi connectivity index (χ2n) is 9.88. The van der Waals surface area contributed by atoms with Crippen LogP contribution < -0.4 is 5.32 Å². The van der Waals surface area contributed by atoms with Gasteiger partial charge in [0.25, 0.3) is 0 Å². The maximum absolute atomic E-state index is 13.3. The Labute approximate surface area is 205 Å². The molecule has 0 bridgehead atoms. The highest BCUT2D eigenvalue weighted by molar-refractivity contribution is 7.90. The van der Waals surface area contributed by atoms with Crippen molar-refractivity contribution in [2.75, 3.05) is 11.6 Å². The maximum atomic E-state index is 13.3. The number of halogens is 1. The molecule has 0 saturated heterocycles. The number of nitrogens with one attached hydrogen (secondary N) is 1. The summed E-state index contributed by atoms with van der Waals surface area (Å²) >= 11 is 6.27. The van der Waals surface area contributed by atoms with Gasteiger partial charge in [-0.25, -0.2) is 8.42 Å². The first kappa shape index (κ1) is 26.2. The Kier molecular flexibility index (Phi) is 8.08. The van der Waals surface area contributed by atoms with Gasteiger partial charge in [-0.1, -0.05) is 43.4 Å². The van der Waals surface area contributed by atoms with Gasteiger partial charge in [0.2, 0.25) is 5.91 Å². The van der Waals surface area contributed by atoms with Crippen LogP contribution in [0.2, 0.25) is 5.02 Å². The lowest BCUT2D eigenvalue weighted by molar-refractivity contribution is -0.155. The largest absolute Gasteiger partial charge is 0.459 e. The molecule has 34 heavy (non-hydrogen) atoms. The maximum Gasteiger partial charge on any atom is 0.328 e. The van der Waals surface area contributed by atoms with Gasteiger partial charge in [0.15, 0.2) is 15.7 Å². The molecule has 0 spiro atoms. The summed E-state index contributed by atoms with van der Waals surface area (Å²) in [6.45, 7) is 5.30. The van der Waals surface area contributed by atoms with E-state index in [1.165, 1.54) is 10.7 Å². The molecule has 186 valence electrons. The Hall–Kier alpha value is -2.39. The monoisotopic (exact) mass is 509 g/mol. The molecule has 1 atom stereocenters. The van der Waals surface area contributed by atoms with Crippen LogP contribution in [0, 0.1) is 5.92 Å². The van der Waals surface area contributed by atoms with Gasteiger partial charge >= 0.3 is 5.97 Å². The molecule has 1 aromatic heterocycles. The van der Waals surface area contributed by atoms with Gasteiger partial charge in [0, 0.05) is 18.5 Å². The van der Waals surface area contributed by atoms with Crippen LogP contribution >= 0.6 is 11.6 Å². The zero-order valence-corrected chi connectivity index (χ0v) is 21.6. The molecule has 1 aliphatic carbocycles. The van der Waals surface area contributed by atoms with Crippen LogP contribution in [0.4, 0.5) is 5.82 Å². The molecule has 1 saturated carbocycles. The van der Waals surface area contributed by atoms with Gasteiger partial charge in [-0.15, -0.1) is 0 Å². The topological polar surface area (TPSA) is 107 Å². The summed E-state index contributed by atoms with van der Waals surface area (Å²) < 4.78 is 30.6. The van der Waals surface area contributed by atoms with Crippen molar-refractivity contribution in [3.05, 3.63) is 41.0 Å². The van der Waals surface area contributed by atoms with Gasteiger partial charge < -0.3 is 10.1 Å². The number of benzene rings is 1. The number of esters is 1. The highest BCUT2D eigenvalue weighted by Crippen LogP contribution is 2.36. The molecular weight excluding hydrogens is 478 g/mol. The lowest BCUT2D eigenvalue weighted by atomic mass is 9.87. The van der Waals surface area contributed by atoms with Crippen molar-refractivity contribution in [3.8, 4) is 0 Å². The number of nitrogens with zero attached hydrogens (tertiary/aromatic N) is 2. The molecule has 3 rings (SSSR count). The van der Waals surface area contributed by atoms with Gasteiger partial charge in [-0.2, -0.15) is 5.10 Å². The summed E-state index contributed by atoms with van der Waals surface area (Å²) in [6.07, 6.45) is 7.74. The number of anilines is 1. The molecule has 1 aliphatic rings. The second kappa shape index (κ2) is 10.5. The van der Waals surface area contributed by atoms with E-state index in [4.69, 9.17) is 16.3 Å². The quantitative estimate of drug-likeness (QED) is 0.522. The molecule has 2 aromatic rings. The molecule has 10 heteroatoms. The van der Waals surface area contributed by atoms with E-state index < -0.39 is 27.3 Å². The minimum atomic E-state index is -3.47. The Morgan fingerprint density at radius 1 is 1.24 bits per heavy atom. The van der Waals surface area contributed by atoms with E-state index in [1.54, 1.807) is 45.2 Å². The number of hydrogen-bond donors (Lipinski definition) is 1. The summed E-state index contributed by atoms with van der Waals surface area (Å²) in [5.74, 6) is -0.450. The van der Waals surface area contributed by atoms with E-state index in [0.717, 1.165) is 31.9 Å². The van der Waals surface area contributed by atoms with Crippen LogP contribution in [0.5, 0.6) is 0 Å². The predicted molar refractivity (Wildman–Crippen MR) is 131 cm³/mol. The summed E-state index contributed by atoms with van der Waals surface area (Å²) in [6, 6.07) is 6.30. The zero-order chi connectivity index (χ0) is 25.1. The molecule has 1 unspecified atom stereocenters. The number of hydrogen-bond acceptors (Lipinski definition) is 6. The molecule has 1 amide bonds. The minimum absolute atomic E-state index is 0.0406. The fourth-order valence-corrected chi connectivity index (χ4v) is 5.58. The SMILES string of the molecule is CC(C)(C)OC(=O)Cn1ccc(NC(=O)C(CC2CCCC2)c2ccc(S(C)(=O)=O)c(Cl)c2)n1.